The average Bonchev–Trinajstić information content (AvgIpc) is 2.43. The van der Waals surface area contributed by atoms with Gasteiger partial charge in [-0.2, -0.15) is 0 Å². The van der Waals surface area contributed by atoms with Crippen LogP contribution in [-0.4, -0.2) is 21.5 Å². The number of fused-ring (bicyclic) bond motifs is 1. The lowest BCUT2D eigenvalue weighted by molar-refractivity contribution is 0.577. The molecule has 0 atom stereocenters. The fourth-order valence-electron chi connectivity index (χ4n) is 1.95. The molecular formula is C14H18Cl2N2O2S. The first-order valence-corrected chi connectivity index (χ1v) is 8.29. The molecule has 0 bridgehead atoms. The van der Waals surface area contributed by atoms with Crippen molar-refractivity contribution in [3.63, 3.8) is 0 Å². The SMILES string of the molecule is Cl.NCCCCNS(=O)(=O)c1ccc2c(Cl)cccc2c1. The number of halogens is 2. The highest BCUT2D eigenvalue weighted by Crippen LogP contribution is 2.25. The monoisotopic (exact) mass is 348 g/mol. The largest absolute Gasteiger partial charge is 0.330 e. The normalized spacial score (nSPS) is 11.3. The molecule has 0 heterocycles. The third-order valence-electron chi connectivity index (χ3n) is 3.03. The molecule has 0 aromatic heterocycles. The fraction of sp³-hybridized carbons (Fsp3) is 0.286. The Labute approximate surface area is 136 Å². The maximum absolute atomic E-state index is 12.1. The number of nitrogens with one attached hydrogen (secondary N) is 1. The van der Waals surface area contributed by atoms with Gasteiger partial charge in [-0.1, -0.05) is 29.8 Å². The Morgan fingerprint density at radius 1 is 1.14 bits per heavy atom. The molecule has 0 amide bonds. The van der Waals surface area contributed by atoms with Gasteiger partial charge in [0, 0.05) is 17.0 Å². The van der Waals surface area contributed by atoms with Crippen molar-refractivity contribution in [2.75, 3.05) is 13.1 Å². The topological polar surface area (TPSA) is 72.2 Å². The lowest BCUT2D eigenvalue weighted by Gasteiger charge is -2.08. The third-order valence-corrected chi connectivity index (χ3v) is 4.82. The van der Waals surface area contributed by atoms with Crippen LogP contribution in [0.25, 0.3) is 10.8 Å². The molecule has 0 spiro atoms. The Balaban J connectivity index is 0.00000220. The number of sulfonamides is 1. The summed E-state index contributed by atoms with van der Waals surface area (Å²) in [5.74, 6) is 0. The summed E-state index contributed by atoms with van der Waals surface area (Å²) in [4.78, 5) is 0.250. The summed E-state index contributed by atoms with van der Waals surface area (Å²) < 4.78 is 26.9. The Kier molecular flexibility index (Phi) is 6.90. The molecule has 2 aromatic rings. The van der Waals surface area contributed by atoms with Gasteiger partial charge < -0.3 is 5.73 Å². The summed E-state index contributed by atoms with van der Waals surface area (Å²) in [6.07, 6.45) is 1.53. The van der Waals surface area contributed by atoms with Crippen molar-refractivity contribution in [3.05, 3.63) is 41.4 Å². The highest BCUT2D eigenvalue weighted by atomic mass is 35.5. The first-order chi connectivity index (χ1) is 9.54. The molecular weight excluding hydrogens is 331 g/mol. The molecule has 3 N–H and O–H groups in total. The van der Waals surface area contributed by atoms with Gasteiger partial charge in [-0.15, -0.1) is 12.4 Å². The number of hydrogen-bond acceptors (Lipinski definition) is 3. The van der Waals surface area contributed by atoms with Gasteiger partial charge in [-0.05, 0) is 43.0 Å². The van der Waals surface area contributed by atoms with Crippen LogP contribution in [-0.2, 0) is 10.0 Å². The summed E-state index contributed by atoms with van der Waals surface area (Å²) in [7, 11) is -3.48. The molecule has 0 saturated heterocycles. The third kappa shape index (κ3) is 4.56. The number of hydrogen-bond donors (Lipinski definition) is 2. The molecule has 0 aliphatic heterocycles. The Bertz CT molecular complexity index is 705. The van der Waals surface area contributed by atoms with Crippen molar-refractivity contribution < 1.29 is 8.42 Å². The molecule has 0 aliphatic rings. The molecule has 2 rings (SSSR count). The summed E-state index contributed by atoms with van der Waals surface area (Å²) in [5, 5.41) is 2.26. The molecule has 4 nitrogen and oxygen atoms in total. The van der Waals surface area contributed by atoms with E-state index in [9.17, 15) is 8.42 Å². The van der Waals surface area contributed by atoms with Crippen molar-refractivity contribution in [1.82, 2.24) is 4.72 Å². The van der Waals surface area contributed by atoms with Crippen molar-refractivity contribution in [1.29, 1.82) is 0 Å². The van der Waals surface area contributed by atoms with Crippen LogP contribution >= 0.6 is 24.0 Å². The van der Waals surface area contributed by atoms with E-state index in [0.29, 0.717) is 18.1 Å². The highest BCUT2D eigenvalue weighted by Gasteiger charge is 2.14. The number of rotatable bonds is 6. The lowest BCUT2D eigenvalue weighted by Crippen LogP contribution is -2.25. The van der Waals surface area contributed by atoms with Crippen molar-refractivity contribution >= 4 is 44.8 Å². The molecule has 2 aromatic carbocycles. The van der Waals surface area contributed by atoms with E-state index < -0.39 is 10.0 Å². The second-order valence-corrected chi connectivity index (χ2v) is 6.69. The van der Waals surface area contributed by atoms with Gasteiger partial charge in [0.2, 0.25) is 10.0 Å². The first-order valence-electron chi connectivity index (χ1n) is 6.42. The van der Waals surface area contributed by atoms with Gasteiger partial charge in [0.05, 0.1) is 4.90 Å². The lowest BCUT2D eigenvalue weighted by atomic mass is 10.1. The van der Waals surface area contributed by atoms with Crippen molar-refractivity contribution in [2.45, 2.75) is 17.7 Å². The van der Waals surface area contributed by atoms with Crippen LogP contribution in [0.1, 0.15) is 12.8 Å². The maximum atomic E-state index is 12.1. The van der Waals surface area contributed by atoms with Crippen LogP contribution < -0.4 is 10.5 Å². The summed E-state index contributed by atoms with van der Waals surface area (Å²) >= 11 is 6.07. The van der Waals surface area contributed by atoms with E-state index >= 15 is 0 Å². The number of unbranched alkanes of at least 4 members (excludes halogenated alkanes) is 1. The number of benzene rings is 2. The van der Waals surface area contributed by atoms with Gasteiger partial charge in [0.1, 0.15) is 0 Å². The smallest absolute Gasteiger partial charge is 0.240 e. The van der Waals surface area contributed by atoms with Crippen molar-refractivity contribution in [3.8, 4) is 0 Å². The number of nitrogens with two attached hydrogens (primary N) is 1. The average molecular weight is 349 g/mol. The zero-order chi connectivity index (χ0) is 14.6. The molecule has 0 radical (unpaired) electrons. The maximum Gasteiger partial charge on any atom is 0.240 e. The molecule has 7 heteroatoms. The highest BCUT2D eigenvalue weighted by molar-refractivity contribution is 7.89. The van der Waals surface area contributed by atoms with E-state index in [2.05, 4.69) is 4.72 Å². The van der Waals surface area contributed by atoms with Crippen LogP contribution in [0.5, 0.6) is 0 Å². The second-order valence-electron chi connectivity index (χ2n) is 4.52. The predicted molar refractivity (Wildman–Crippen MR) is 89.7 cm³/mol. The molecule has 0 aliphatic carbocycles. The Hall–Kier alpha value is -0.850. The molecule has 0 unspecified atom stereocenters. The van der Waals surface area contributed by atoms with Crippen LogP contribution in [0.2, 0.25) is 5.02 Å². The second kappa shape index (κ2) is 7.96. The summed E-state index contributed by atoms with van der Waals surface area (Å²) in [5.41, 5.74) is 5.38. The zero-order valence-electron chi connectivity index (χ0n) is 11.4. The van der Waals surface area contributed by atoms with Gasteiger partial charge in [-0.3, -0.25) is 0 Å². The standard InChI is InChI=1S/C14H17ClN2O2S.ClH/c15-14-5-3-4-11-10-12(6-7-13(11)14)20(18,19)17-9-2-1-8-16;/h3-7,10,17H,1-2,8-9,16H2;1H. The van der Waals surface area contributed by atoms with Gasteiger partial charge >= 0.3 is 0 Å². The minimum atomic E-state index is -3.48. The van der Waals surface area contributed by atoms with E-state index in [1.165, 1.54) is 0 Å². The van der Waals surface area contributed by atoms with E-state index in [1.54, 1.807) is 30.3 Å². The minimum Gasteiger partial charge on any atom is -0.330 e. The van der Waals surface area contributed by atoms with Crippen LogP contribution in [0, 0.1) is 0 Å². The van der Waals surface area contributed by atoms with Gasteiger partial charge in [0.15, 0.2) is 0 Å². The Morgan fingerprint density at radius 3 is 2.62 bits per heavy atom. The van der Waals surface area contributed by atoms with E-state index in [-0.39, 0.29) is 17.3 Å². The molecule has 0 saturated carbocycles. The van der Waals surface area contributed by atoms with Crippen molar-refractivity contribution in [2.24, 2.45) is 5.73 Å². The van der Waals surface area contributed by atoms with E-state index in [1.807, 2.05) is 6.07 Å². The van der Waals surface area contributed by atoms with Gasteiger partial charge in [-0.25, -0.2) is 13.1 Å². The first kappa shape index (κ1) is 18.2. The quantitative estimate of drug-likeness (QED) is 0.788. The van der Waals surface area contributed by atoms with E-state index in [4.69, 9.17) is 17.3 Å². The Morgan fingerprint density at radius 2 is 1.90 bits per heavy atom. The zero-order valence-corrected chi connectivity index (χ0v) is 13.8. The summed E-state index contributed by atoms with van der Waals surface area (Å²) in [6.45, 7) is 0.962. The van der Waals surface area contributed by atoms with Gasteiger partial charge in [0.25, 0.3) is 0 Å². The summed E-state index contributed by atoms with van der Waals surface area (Å²) in [6, 6.07) is 10.4. The van der Waals surface area contributed by atoms with Crippen LogP contribution in [0.3, 0.4) is 0 Å². The predicted octanol–water partition coefficient (Wildman–Crippen LogP) is 2.93. The molecule has 116 valence electrons. The molecule has 21 heavy (non-hydrogen) atoms. The van der Waals surface area contributed by atoms with Crippen LogP contribution in [0.4, 0.5) is 0 Å². The fourth-order valence-corrected chi connectivity index (χ4v) is 3.30. The molecule has 0 fully saturated rings. The van der Waals surface area contributed by atoms with E-state index in [0.717, 1.165) is 23.6 Å². The van der Waals surface area contributed by atoms with Crippen LogP contribution in [0.15, 0.2) is 41.3 Å². The minimum absolute atomic E-state index is 0.